The second-order valence-corrected chi connectivity index (χ2v) is 8.85. The van der Waals surface area contributed by atoms with Gasteiger partial charge in [-0.3, -0.25) is 14.2 Å². The first kappa shape index (κ1) is 23.3. The Balaban J connectivity index is 1.83. The Bertz CT molecular complexity index is 1480. The van der Waals surface area contributed by atoms with Gasteiger partial charge in [-0.1, -0.05) is 12.1 Å². The summed E-state index contributed by atoms with van der Waals surface area (Å²) in [6, 6.07) is 13.8. The molecule has 0 atom stereocenters. The van der Waals surface area contributed by atoms with Crippen LogP contribution < -0.4 is 26.0 Å². The highest BCUT2D eigenvalue weighted by molar-refractivity contribution is 7.18. The molecular weight excluding hydrogens is 454 g/mol. The number of amides is 1. The third kappa shape index (κ3) is 4.22. The summed E-state index contributed by atoms with van der Waals surface area (Å²) in [5.41, 5.74) is 0.703. The summed E-state index contributed by atoms with van der Waals surface area (Å²) in [4.78, 5) is 41.3. The number of carbonyl (C=O) groups is 1. The number of hydrogen-bond donors (Lipinski definition) is 1. The molecule has 176 valence electrons. The monoisotopic (exact) mass is 479 g/mol. The van der Waals surface area contributed by atoms with E-state index in [1.165, 1.54) is 23.0 Å². The average molecular weight is 480 g/mol. The van der Waals surface area contributed by atoms with Gasteiger partial charge in [0.2, 0.25) is 5.91 Å². The van der Waals surface area contributed by atoms with E-state index in [4.69, 9.17) is 9.47 Å². The molecule has 0 saturated heterocycles. The van der Waals surface area contributed by atoms with Crippen molar-refractivity contribution in [2.45, 2.75) is 27.3 Å². The van der Waals surface area contributed by atoms with Crippen LogP contribution in [0.3, 0.4) is 0 Å². The molecule has 8 nitrogen and oxygen atoms in total. The topological polar surface area (TPSA) is 91.6 Å². The summed E-state index contributed by atoms with van der Waals surface area (Å²) >= 11 is 1.33. The number of hydrogen-bond acceptors (Lipinski definition) is 6. The number of benzene rings is 2. The molecule has 4 rings (SSSR count). The second-order valence-electron chi connectivity index (χ2n) is 7.65. The van der Waals surface area contributed by atoms with Crippen LogP contribution in [0.5, 0.6) is 11.5 Å². The number of thiophene rings is 1. The Kier molecular flexibility index (Phi) is 6.56. The molecule has 0 aliphatic carbocycles. The molecule has 34 heavy (non-hydrogen) atoms. The first-order valence-corrected chi connectivity index (χ1v) is 11.6. The second kappa shape index (κ2) is 9.56. The summed E-state index contributed by atoms with van der Waals surface area (Å²) in [5, 5.41) is 3.23. The van der Waals surface area contributed by atoms with Gasteiger partial charge in [0.05, 0.1) is 30.5 Å². The Morgan fingerprint density at radius 3 is 2.44 bits per heavy atom. The van der Waals surface area contributed by atoms with Crippen molar-refractivity contribution in [2.75, 3.05) is 19.0 Å². The number of ether oxygens (including phenoxy) is 2. The lowest BCUT2D eigenvalue weighted by Gasteiger charge is -2.14. The molecule has 0 aliphatic heterocycles. The smallest absolute Gasteiger partial charge is 0.337 e. The third-order valence-corrected chi connectivity index (χ3v) is 6.77. The highest BCUT2D eigenvalue weighted by atomic mass is 32.1. The van der Waals surface area contributed by atoms with Crippen LogP contribution in [0.1, 0.15) is 17.4 Å². The number of rotatable bonds is 7. The summed E-state index contributed by atoms with van der Waals surface area (Å²) < 4.78 is 13.2. The van der Waals surface area contributed by atoms with Crippen molar-refractivity contribution in [2.24, 2.45) is 0 Å². The Labute approximate surface area is 200 Å². The molecule has 0 aliphatic rings. The van der Waals surface area contributed by atoms with E-state index in [1.807, 2.05) is 20.8 Å². The predicted octanol–water partition coefficient (Wildman–Crippen LogP) is 3.88. The van der Waals surface area contributed by atoms with Gasteiger partial charge in [0.15, 0.2) is 0 Å². The third-order valence-electron chi connectivity index (χ3n) is 5.54. The van der Waals surface area contributed by atoms with E-state index >= 15 is 0 Å². The molecule has 1 N–H and O–H groups in total. The van der Waals surface area contributed by atoms with E-state index in [-0.39, 0.29) is 6.54 Å². The van der Waals surface area contributed by atoms with E-state index in [1.54, 1.807) is 48.5 Å². The van der Waals surface area contributed by atoms with E-state index in [0.717, 1.165) is 15.0 Å². The minimum absolute atomic E-state index is 0.260. The summed E-state index contributed by atoms with van der Waals surface area (Å²) in [5.74, 6) is 0.739. The van der Waals surface area contributed by atoms with Crippen LogP contribution >= 0.6 is 11.3 Å². The molecule has 0 saturated carbocycles. The first-order valence-electron chi connectivity index (χ1n) is 10.8. The van der Waals surface area contributed by atoms with Crippen LogP contribution in [0.4, 0.5) is 5.69 Å². The number of anilines is 1. The van der Waals surface area contributed by atoms with Gasteiger partial charge < -0.3 is 14.8 Å². The van der Waals surface area contributed by atoms with Crippen molar-refractivity contribution in [3.05, 3.63) is 79.8 Å². The van der Waals surface area contributed by atoms with Crippen molar-refractivity contribution in [3.8, 4) is 17.2 Å². The van der Waals surface area contributed by atoms with E-state index in [9.17, 15) is 14.4 Å². The Morgan fingerprint density at radius 1 is 1.06 bits per heavy atom. The lowest BCUT2D eigenvalue weighted by Crippen LogP contribution is -2.40. The summed E-state index contributed by atoms with van der Waals surface area (Å²) in [6.07, 6.45) is 0. The Hall–Kier alpha value is -3.85. The minimum Gasteiger partial charge on any atom is -0.495 e. The summed E-state index contributed by atoms with van der Waals surface area (Å²) in [7, 11) is 1.52. The molecular formula is C25H25N3O5S. The number of aryl methyl sites for hydroxylation is 2. The normalized spacial score (nSPS) is 10.9. The predicted molar refractivity (Wildman–Crippen MR) is 134 cm³/mol. The first-order chi connectivity index (χ1) is 16.3. The van der Waals surface area contributed by atoms with E-state index in [2.05, 4.69) is 5.32 Å². The van der Waals surface area contributed by atoms with Gasteiger partial charge in [-0.15, -0.1) is 11.3 Å². The lowest BCUT2D eigenvalue weighted by atomic mass is 10.2. The average Bonchev–Trinajstić information content (AvgIpc) is 3.12. The number of para-hydroxylation sites is 2. The summed E-state index contributed by atoms with van der Waals surface area (Å²) in [6.45, 7) is 5.87. The lowest BCUT2D eigenvalue weighted by molar-refractivity contribution is -0.116. The van der Waals surface area contributed by atoms with Crippen LogP contribution in [0.25, 0.3) is 15.9 Å². The van der Waals surface area contributed by atoms with Gasteiger partial charge in [0.25, 0.3) is 5.56 Å². The highest BCUT2D eigenvalue weighted by Crippen LogP contribution is 2.28. The molecule has 2 aromatic carbocycles. The van der Waals surface area contributed by atoms with Crippen molar-refractivity contribution in [1.29, 1.82) is 0 Å². The molecule has 0 bridgehead atoms. The molecule has 2 aromatic heterocycles. The molecule has 1 amide bonds. The van der Waals surface area contributed by atoms with Crippen molar-refractivity contribution in [3.63, 3.8) is 0 Å². The number of nitrogens with zero attached hydrogens (tertiary/aromatic N) is 2. The molecule has 9 heteroatoms. The van der Waals surface area contributed by atoms with E-state index in [0.29, 0.717) is 39.7 Å². The number of aromatic nitrogens is 2. The SMILES string of the molecule is CCOc1ccc(-n2c(=O)c3c(C)c(C)sc3n(CC(=O)Nc3ccccc3OC)c2=O)cc1. The number of carbonyl (C=O) groups excluding carboxylic acids is 1. The molecule has 4 aromatic rings. The van der Waals surface area contributed by atoms with Gasteiger partial charge in [-0.2, -0.15) is 0 Å². The van der Waals surface area contributed by atoms with E-state index < -0.39 is 17.2 Å². The van der Waals surface area contributed by atoms with Crippen LogP contribution in [-0.2, 0) is 11.3 Å². The zero-order valence-corrected chi connectivity index (χ0v) is 20.2. The van der Waals surface area contributed by atoms with Gasteiger partial charge >= 0.3 is 5.69 Å². The zero-order valence-electron chi connectivity index (χ0n) is 19.4. The van der Waals surface area contributed by atoms with Crippen molar-refractivity contribution < 1.29 is 14.3 Å². The van der Waals surface area contributed by atoms with Crippen LogP contribution in [0.2, 0.25) is 0 Å². The van der Waals surface area contributed by atoms with Crippen molar-refractivity contribution in [1.82, 2.24) is 9.13 Å². The van der Waals surface area contributed by atoms with Gasteiger partial charge in [-0.05, 0) is 62.7 Å². The number of methoxy groups -OCH3 is 1. The van der Waals surface area contributed by atoms with Gasteiger partial charge in [0.1, 0.15) is 22.9 Å². The molecule has 2 heterocycles. The fourth-order valence-electron chi connectivity index (χ4n) is 3.76. The maximum Gasteiger partial charge on any atom is 0.337 e. The molecule has 0 spiro atoms. The largest absolute Gasteiger partial charge is 0.495 e. The fourth-order valence-corrected chi connectivity index (χ4v) is 4.90. The van der Waals surface area contributed by atoms with Crippen molar-refractivity contribution >= 4 is 33.1 Å². The Morgan fingerprint density at radius 2 is 1.76 bits per heavy atom. The maximum absolute atomic E-state index is 13.5. The highest BCUT2D eigenvalue weighted by Gasteiger charge is 2.21. The maximum atomic E-state index is 13.5. The van der Waals surface area contributed by atoms with Crippen LogP contribution in [-0.4, -0.2) is 28.8 Å². The zero-order chi connectivity index (χ0) is 24.4. The molecule has 0 radical (unpaired) electrons. The molecule has 0 fully saturated rings. The van der Waals surface area contributed by atoms with Crippen LogP contribution in [0, 0.1) is 13.8 Å². The minimum atomic E-state index is -0.585. The fraction of sp³-hybridized carbons (Fsp3) is 0.240. The standard InChI is InChI=1S/C25H25N3O5S/c1-5-33-18-12-10-17(11-13-18)28-23(30)22-15(2)16(3)34-24(22)27(25(28)31)14-21(29)26-19-8-6-7-9-20(19)32-4/h6-13H,5,14H2,1-4H3,(H,26,29). The quantitative estimate of drug-likeness (QED) is 0.434. The number of nitrogens with one attached hydrogen (secondary N) is 1. The van der Waals surface area contributed by atoms with Gasteiger partial charge in [0, 0.05) is 4.88 Å². The van der Waals surface area contributed by atoms with Crippen LogP contribution in [0.15, 0.2) is 58.1 Å². The molecule has 0 unspecified atom stereocenters. The van der Waals surface area contributed by atoms with Gasteiger partial charge in [-0.25, -0.2) is 9.36 Å². The number of fused-ring (bicyclic) bond motifs is 1.